The van der Waals surface area contributed by atoms with E-state index < -0.39 is 27.5 Å². The van der Waals surface area contributed by atoms with Gasteiger partial charge in [-0.25, -0.2) is 8.42 Å². The van der Waals surface area contributed by atoms with Crippen LogP contribution in [0.25, 0.3) is 0 Å². The Morgan fingerprint density at radius 2 is 2.12 bits per heavy atom. The quantitative estimate of drug-likeness (QED) is 0.582. The van der Waals surface area contributed by atoms with Crippen LogP contribution in [0.5, 0.6) is 0 Å². The summed E-state index contributed by atoms with van der Waals surface area (Å²) in [5, 5.41) is 7.65. The van der Waals surface area contributed by atoms with E-state index in [0.29, 0.717) is 5.69 Å². The molecule has 0 fully saturated rings. The van der Waals surface area contributed by atoms with Crippen LogP contribution in [0.1, 0.15) is 17.3 Å². The lowest BCUT2D eigenvalue weighted by atomic mass is 10.1. The number of rotatable bonds is 5. The molecule has 0 amide bonds. The van der Waals surface area contributed by atoms with E-state index in [1.54, 1.807) is 12.1 Å². The van der Waals surface area contributed by atoms with Crippen LogP contribution in [-0.4, -0.2) is 36.9 Å². The molecule has 0 aromatic heterocycles. The Hall–Kier alpha value is -1.40. The highest BCUT2D eigenvalue weighted by Gasteiger charge is 2.31. The van der Waals surface area contributed by atoms with E-state index >= 15 is 0 Å². The second-order valence-corrected chi connectivity index (χ2v) is 6.08. The van der Waals surface area contributed by atoms with Crippen molar-refractivity contribution in [2.75, 3.05) is 18.1 Å². The predicted octanol–water partition coefficient (Wildman–Crippen LogP) is 0.247. The summed E-state index contributed by atoms with van der Waals surface area (Å²) in [5.41, 5.74) is 6.09. The zero-order valence-corrected chi connectivity index (χ0v) is 10.3. The Bertz CT molecular complexity index is 510. The van der Waals surface area contributed by atoms with Crippen molar-refractivity contribution in [1.82, 2.24) is 0 Å². The molecule has 94 valence electrons. The Labute approximate surface area is 100 Å². The summed E-state index contributed by atoms with van der Waals surface area (Å²) in [6.45, 7) is 0.717. The molecule has 0 aliphatic heterocycles. The lowest BCUT2D eigenvalue weighted by Crippen LogP contribution is -2.35. The number of carbonyl (C=O) groups excluding carboxylic acids is 1. The first-order valence-electron chi connectivity index (χ1n) is 5.14. The number of carbonyl (C=O) groups is 1. The molecule has 0 bridgehead atoms. The van der Waals surface area contributed by atoms with Crippen molar-refractivity contribution in [3.8, 4) is 0 Å². The van der Waals surface area contributed by atoms with Gasteiger partial charge in [0.05, 0.1) is 6.61 Å². The highest BCUT2D eigenvalue weighted by Crippen LogP contribution is 2.13. The summed E-state index contributed by atoms with van der Waals surface area (Å²) in [6, 6.07) is 6.04. The van der Waals surface area contributed by atoms with Crippen LogP contribution in [-0.2, 0) is 9.84 Å². The molecule has 6 heteroatoms. The first-order chi connectivity index (χ1) is 7.92. The Morgan fingerprint density at radius 3 is 2.59 bits per heavy atom. The molecule has 1 atom stereocenters. The fraction of sp³-hybridized carbons (Fsp3) is 0.364. The summed E-state index contributed by atoms with van der Waals surface area (Å²) in [4.78, 5) is 11.9. The molecule has 0 saturated carbocycles. The minimum atomic E-state index is -3.61. The summed E-state index contributed by atoms with van der Waals surface area (Å²) in [5.74, 6) is -0.812. The topological polar surface area (TPSA) is 97.5 Å². The minimum Gasteiger partial charge on any atom is -0.399 e. The Balaban J connectivity index is 3.11. The van der Waals surface area contributed by atoms with Crippen LogP contribution in [0.2, 0.25) is 0 Å². The second kappa shape index (κ2) is 5.29. The maximum absolute atomic E-state index is 11.9. The van der Waals surface area contributed by atoms with Crippen molar-refractivity contribution in [3.05, 3.63) is 29.8 Å². The van der Waals surface area contributed by atoms with Gasteiger partial charge in [-0.3, -0.25) is 4.79 Å². The first kappa shape index (κ1) is 13.7. The van der Waals surface area contributed by atoms with Crippen LogP contribution in [0.3, 0.4) is 0 Å². The Morgan fingerprint density at radius 1 is 1.47 bits per heavy atom. The van der Waals surface area contributed by atoms with E-state index in [0.717, 1.165) is 0 Å². The van der Waals surface area contributed by atoms with Crippen LogP contribution >= 0.6 is 0 Å². The van der Waals surface area contributed by atoms with Crippen molar-refractivity contribution in [1.29, 1.82) is 0 Å². The van der Waals surface area contributed by atoms with Gasteiger partial charge in [0.25, 0.3) is 0 Å². The van der Waals surface area contributed by atoms with Gasteiger partial charge in [-0.2, -0.15) is 0 Å². The third-order valence-corrected chi connectivity index (χ3v) is 4.50. The summed E-state index contributed by atoms with van der Waals surface area (Å²) >= 11 is 0. The monoisotopic (exact) mass is 257 g/mol. The van der Waals surface area contributed by atoms with Crippen molar-refractivity contribution in [2.24, 2.45) is 0 Å². The van der Waals surface area contributed by atoms with Crippen LogP contribution in [0, 0.1) is 0 Å². The summed E-state index contributed by atoms with van der Waals surface area (Å²) in [6.07, 6.45) is 0. The molecule has 0 aliphatic carbocycles. The van der Waals surface area contributed by atoms with Gasteiger partial charge in [-0.15, -0.1) is 0 Å². The van der Waals surface area contributed by atoms with Gasteiger partial charge in [0.2, 0.25) is 0 Å². The fourth-order valence-electron chi connectivity index (χ4n) is 1.44. The number of ketones is 1. The lowest BCUT2D eigenvalue weighted by Gasteiger charge is -2.13. The fourth-order valence-corrected chi connectivity index (χ4v) is 2.53. The third-order valence-electron chi connectivity index (χ3n) is 2.47. The van der Waals surface area contributed by atoms with E-state index in [-0.39, 0.29) is 11.3 Å². The maximum Gasteiger partial charge on any atom is 0.183 e. The number of aliphatic hydroxyl groups excluding tert-OH is 1. The van der Waals surface area contributed by atoms with Crippen molar-refractivity contribution < 1.29 is 18.3 Å². The molecule has 5 nitrogen and oxygen atoms in total. The smallest absolute Gasteiger partial charge is 0.183 e. The Kier molecular flexibility index (Phi) is 4.25. The molecule has 0 radical (unpaired) electrons. The van der Waals surface area contributed by atoms with Gasteiger partial charge in [0, 0.05) is 17.0 Å². The maximum atomic E-state index is 11.9. The summed E-state index contributed by atoms with van der Waals surface area (Å²) in [7, 11) is -3.61. The average molecular weight is 257 g/mol. The molecular formula is C11H15NO4S. The van der Waals surface area contributed by atoms with Crippen molar-refractivity contribution >= 4 is 21.3 Å². The lowest BCUT2D eigenvalue weighted by molar-refractivity contribution is 0.0961. The first-order valence-corrected chi connectivity index (χ1v) is 6.86. The number of nitrogen functional groups attached to an aromatic ring is 1. The number of nitrogens with two attached hydrogens (primary N) is 1. The molecule has 0 saturated heterocycles. The van der Waals surface area contributed by atoms with E-state index in [2.05, 4.69) is 0 Å². The largest absolute Gasteiger partial charge is 0.399 e. The van der Waals surface area contributed by atoms with Crippen LogP contribution in [0.4, 0.5) is 5.69 Å². The number of sulfone groups is 1. The predicted molar refractivity (Wildman–Crippen MR) is 65.5 cm³/mol. The number of benzene rings is 1. The SMILES string of the molecule is CCS(=O)(=O)[C@H](CO)C(=O)c1cccc(N)c1. The van der Waals surface area contributed by atoms with Crippen molar-refractivity contribution in [2.45, 2.75) is 12.2 Å². The number of anilines is 1. The molecule has 1 aromatic carbocycles. The van der Waals surface area contributed by atoms with E-state index in [1.807, 2.05) is 0 Å². The molecular weight excluding hydrogens is 242 g/mol. The molecule has 1 rings (SSSR count). The van der Waals surface area contributed by atoms with Gasteiger partial charge < -0.3 is 10.8 Å². The summed E-state index contributed by atoms with van der Waals surface area (Å²) < 4.78 is 23.2. The normalized spacial score (nSPS) is 13.3. The van der Waals surface area contributed by atoms with E-state index in [1.165, 1.54) is 19.1 Å². The van der Waals surface area contributed by atoms with Gasteiger partial charge in [0.1, 0.15) is 5.25 Å². The number of hydrogen-bond donors (Lipinski definition) is 2. The number of hydrogen-bond acceptors (Lipinski definition) is 5. The second-order valence-electron chi connectivity index (χ2n) is 3.61. The zero-order chi connectivity index (χ0) is 13.1. The number of Topliss-reactive ketones (excluding diaryl/α,β-unsaturated/α-hetero) is 1. The highest BCUT2D eigenvalue weighted by atomic mass is 32.2. The number of aliphatic hydroxyl groups is 1. The van der Waals surface area contributed by atoms with Crippen LogP contribution < -0.4 is 5.73 Å². The molecule has 0 spiro atoms. The molecule has 0 aliphatic rings. The third kappa shape index (κ3) is 3.04. The zero-order valence-electron chi connectivity index (χ0n) is 9.46. The van der Waals surface area contributed by atoms with Gasteiger partial charge >= 0.3 is 0 Å². The molecule has 3 N–H and O–H groups in total. The average Bonchev–Trinajstić information content (AvgIpc) is 2.29. The van der Waals surface area contributed by atoms with Gasteiger partial charge in [-0.1, -0.05) is 19.1 Å². The standard InChI is InChI=1S/C11H15NO4S/c1-2-17(15,16)10(7-13)11(14)8-4-3-5-9(12)6-8/h3-6,10,13H,2,7,12H2,1H3/t10-/m1/s1. The van der Waals surface area contributed by atoms with Gasteiger partial charge in [0.15, 0.2) is 15.6 Å². The minimum absolute atomic E-state index is 0.188. The molecule has 17 heavy (non-hydrogen) atoms. The molecule has 0 unspecified atom stereocenters. The van der Waals surface area contributed by atoms with Crippen LogP contribution in [0.15, 0.2) is 24.3 Å². The molecule has 1 aromatic rings. The van der Waals surface area contributed by atoms with Gasteiger partial charge in [-0.05, 0) is 12.1 Å². The highest BCUT2D eigenvalue weighted by molar-refractivity contribution is 7.92. The van der Waals surface area contributed by atoms with E-state index in [9.17, 15) is 13.2 Å². The molecule has 0 heterocycles. The van der Waals surface area contributed by atoms with E-state index in [4.69, 9.17) is 10.8 Å². The van der Waals surface area contributed by atoms with Crippen molar-refractivity contribution in [3.63, 3.8) is 0 Å².